The van der Waals surface area contributed by atoms with Crippen LogP contribution in [0.2, 0.25) is 0 Å². The number of nitrogens with zero attached hydrogens (tertiary/aromatic N) is 2. The standard InChI is InChI=1S/C19H27N3O5S/c1-21(2)17-10-9-15(28(25,26)22(3)4)12-16(17)20-18(23)13-27-19(24)11-14-7-5-6-8-14/h5,7,9-10,12,14H,6,8,11,13H2,1-4H3,(H,20,23)/t14-/m0/s1. The van der Waals surface area contributed by atoms with E-state index in [4.69, 9.17) is 4.74 Å². The Morgan fingerprint density at radius 3 is 2.50 bits per heavy atom. The molecule has 1 N–H and O–H groups in total. The van der Waals surface area contributed by atoms with E-state index in [0.29, 0.717) is 11.4 Å². The summed E-state index contributed by atoms with van der Waals surface area (Å²) in [6.07, 6.45) is 6.14. The molecule has 0 unspecified atom stereocenters. The predicted octanol–water partition coefficient (Wildman–Crippen LogP) is 1.84. The van der Waals surface area contributed by atoms with Crippen molar-refractivity contribution in [3.63, 3.8) is 0 Å². The van der Waals surface area contributed by atoms with Gasteiger partial charge in [0.25, 0.3) is 5.91 Å². The lowest BCUT2D eigenvalue weighted by atomic mass is 10.1. The fraction of sp³-hybridized carbons (Fsp3) is 0.474. The fourth-order valence-corrected chi connectivity index (χ4v) is 3.78. The monoisotopic (exact) mass is 409 g/mol. The van der Waals surface area contributed by atoms with Crippen molar-refractivity contribution >= 4 is 33.3 Å². The number of sulfonamides is 1. The molecule has 1 aliphatic rings. The third-order valence-electron chi connectivity index (χ3n) is 4.41. The number of hydrogen-bond acceptors (Lipinski definition) is 6. The van der Waals surface area contributed by atoms with Gasteiger partial charge in [0.1, 0.15) is 0 Å². The van der Waals surface area contributed by atoms with Gasteiger partial charge in [-0.15, -0.1) is 0 Å². The van der Waals surface area contributed by atoms with Crippen LogP contribution in [0, 0.1) is 5.92 Å². The lowest BCUT2D eigenvalue weighted by Crippen LogP contribution is -2.25. The third kappa shape index (κ3) is 5.56. The van der Waals surface area contributed by atoms with Crippen LogP contribution in [0.25, 0.3) is 0 Å². The summed E-state index contributed by atoms with van der Waals surface area (Å²) in [5, 5.41) is 2.64. The Kier molecular flexibility index (Phi) is 7.20. The number of anilines is 2. The molecule has 0 radical (unpaired) electrons. The number of carbonyl (C=O) groups excluding carboxylic acids is 2. The van der Waals surface area contributed by atoms with Crippen molar-refractivity contribution < 1.29 is 22.7 Å². The normalized spacial score (nSPS) is 16.2. The highest BCUT2D eigenvalue weighted by Gasteiger charge is 2.21. The number of rotatable bonds is 8. The molecule has 1 aliphatic carbocycles. The Morgan fingerprint density at radius 1 is 1.21 bits per heavy atom. The van der Waals surface area contributed by atoms with Gasteiger partial charge >= 0.3 is 5.97 Å². The zero-order valence-electron chi connectivity index (χ0n) is 16.6. The van der Waals surface area contributed by atoms with Crippen LogP contribution in [-0.4, -0.2) is 59.4 Å². The second kappa shape index (κ2) is 9.20. The van der Waals surface area contributed by atoms with E-state index in [-0.39, 0.29) is 17.2 Å². The Labute approximate surface area is 166 Å². The Morgan fingerprint density at radius 2 is 1.93 bits per heavy atom. The van der Waals surface area contributed by atoms with E-state index >= 15 is 0 Å². The highest BCUT2D eigenvalue weighted by atomic mass is 32.2. The average molecular weight is 410 g/mol. The van der Waals surface area contributed by atoms with Crippen LogP contribution in [0.1, 0.15) is 19.3 Å². The minimum Gasteiger partial charge on any atom is -0.456 e. The van der Waals surface area contributed by atoms with Gasteiger partial charge in [0, 0.05) is 28.2 Å². The summed E-state index contributed by atoms with van der Waals surface area (Å²) in [6, 6.07) is 4.49. The summed E-state index contributed by atoms with van der Waals surface area (Å²) in [6.45, 7) is -0.424. The number of hydrogen-bond donors (Lipinski definition) is 1. The molecule has 154 valence electrons. The van der Waals surface area contributed by atoms with Gasteiger partial charge in [-0.2, -0.15) is 0 Å². The van der Waals surface area contributed by atoms with E-state index in [9.17, 15) is 18.0 Å². The number of amides is 1. The van der Waals surface area contributed by atoms with Crippen molar-refractivity contribution in [3.05, 3.63) is 30.4 Å². The zero-order chi connectivity index (χ0) is 20.9. The average Bonchev–Trinajstić information content (AvgIpc) is 3.12. The van der Waals surface area contributed by atoms with Gasteiger partial charge in [-0.25, -0.2) is 12.7 Å². The first-order chi connectivity index (χ1) is 13.1. The van der Waals surface area contributed by atoms with E-state index < -0.39 is 28.5 Å². The second-order valence-corrected chi connectivity index (χ2v) is 9.19. The molecular weight excluding hydrogens is 382 g/mol. The van der Waals surface area contributed by atoms with E-state index in [1.54, 1.807) is 25.1 Å². The number of ether oxygens (including phenoxy) is 1. The van der Waals surface area contributed by atoms with Crippen LogP contribution in [-0.2, 0) is 24.3 Å². The van der Waals surface area contributed by atoms with E-state index in [2.05, 4.69) is 5.32 Å². The molecule has 0 spiro atoms. The first kappa shape index (κ1) is 21.9. The summed E-state index contributed by atoms with van der Waals surface area (Å²) in [5.74, 6) is -0.787. The minimum absolute atomic E-state index is 0.0587. The highest BCUT2D eigenvalue weighted by molar-refractivity contribution is 7.89. The molecule has 1 atom stereocenters. The molecule has 28 heavy (non-hydrogen) atoms. The number of benzene rings is 1. The summed E-state index contributed by atoms with van der Waals surface area (Å²) in [4.78, 5) is 25.9. The summed E-state index contributed by atoms with van der Waals surface area (Å²) >= 11 is 0. The van der Waals surface area contributed by atoms with Crippen molar-refractivity contribution in [2.24, 2.45) is 5.92 Å². The third-order valence-corrected chi connectivity index (χ3v) is 6.22. The first-order valence-corrected chi connectivity index (χ1v) is 10.4. The van der Waals surface area contributed by atoms with Gasteiger partial charge in [0.05, 0.1) is 22.7 Å². The SMILES string of the molecule is CN(C)c1ccc(S(=O)(=O)N(C)C)cc1NC(=O)COC(=O)C[C@H]1C=CCC1. The van der Waals surface area contributed by atoms with Crippen molar-refractivity contribution in [1.82, 2.24) is 4.31 Å². The Hall–Kier alpha value is -2.39. The number of nitrogens with one attached hydrogen (secondary N) is 1. The zero-order valence-corrected chi connectivity index (χ0v) is 17.5. The summed E-state index contributed by atoms with van der Waals surface area (Å²) in [5.41, 5.74) is 0.959. The topological polar surface area (TPSA) is 96.0 Å². The van der Waals surface area contributed by atoms with Crippen LogP contribution in [0.5, 0.6) is 0 Å². The first-order valence-electron chi connectivity index (χ1n) is 8.97. The maximum Gasteiger partial charge on any atom is 0.306 e. The van der Waals surface area contributed by atoms with Crippen LogP contribution >= 0.6 is 0 Å². The maximum absolute atomic E-state index is 12.4. The van der Waals surface area contributed by atoms with Gasteiger partial charge in [-0.3, -0.25) is 9.59 Å². The fourth-order valence-electron chi connectivity index (χ4n) is 2.85. The molecule has 0 saturated carbocycles. The molecule has 0 aliphatic heterocycles. The van der Waals surface area contributed by atoms with Crippen LogP contribution < -0.4 is 10.2 Å². The predicted molar refractivity (Wildman–Crippen MR) is 108 cm³/mol. The second-order valence-electron chi connectivity index (χ2n) is 7.04. The number of carbonyl (C=O) groups is 2. The molecule has 1 amide bonds. The van der Waals surface area contributed by atoms with Crippen molar-refractivity contribution in [2.45, 2.75) is 24.2 Å². The molecule has 1 aromatic carbocycles. The van der Waals surface area contributed by atoms with E-state index in [0.717, 1.165) is 17.1 Å². The molecule has 0 bridgehead atoms. The van der Waals surface area contributed by atoms with Crippen LogP contribution in [0.4, 0.5) is 11.4 Å². The number of esters is 1. The smallest absolute Gasteiger partial charge is 0.306 e. The summed E-state index contributed by atoms with van der Waals surface area (Å²) in [7, 11) is 2.78. The van der Waals surface area contributed by atoms with Crippen LogP contribution in [0.3, 0.4) is 0 Å². The highest BCUT2D eigenvalue weighted by Crippen LogP contribution is 2.28. The molecule has 2 rings (SSSR count). The number of allylic oxidation sites excluding steroid dienone is 2. The van der Waals surface area contributed by atoms with Crippen LogP contribution in [0.15, 0.2) is 35.2 Å². The lowest BCUT2D eigenvalue weighted by molar-refractivity contribution is -0.147. The molecule has 9 heteroatoms. The van der Waals surface area contributed by atoms with Gasteiger partial charge < -0.3 is 15.0 Å². The molecule has 0 fully saturated rings. The summed E-state index contributed by atoms with van der Waals surface area (Å²) < 4.78 is 30.9. The molecule has 0 aromatic heterocycles. The van der Waals surface area contributed by atoms with Gasteiger partial charge in [0.2, 0.25) is 10.0 Å². The van der Waals surface area contributed by atoms with Crippen molar-refractivity contribution in [2.75, 3.05) is 45.0 Å². The van der Waals surface area contributed by atoms with E-state index in [1.807, 2.05) is 12.2 Å². The largest absolute Gasteiger partial charge is 0.456 e. The van der Waals surface area contributed by atoms with Crippen molar-refractivity contribution in [3.8, 4) is 0 Å². The van der Waals surface area contributed by atoms with E-state index in [1.165, 1.54) is 26.2 Å². The molecule has 0 saturated heterocycles. The molecule has 0 heterocycles. The van der Waals surface area contributed by atoms with Gasteiger partial charge in [-0.05, 0) is 37.0 Å². The quantitative estimate of drug-likeness (QED) is 0.520. The van der Waals surface area contributed by atoms with Crippen molar-refractivity contribution in [1.29, 1.82) is 0 Å². The van der Waals surface area contributed by atoms with Gasteiger partial charge in [0.15, 0.2) is 6.61 Å². The Balaban J connectivity index is 2.06. The molecular formula is C19H27N3O5S. The molecule has 8 nitrogen and oxygen atoms in total. The Bertz CT molecular complexity index is 862. The maximum atomic E-state index is 12.4. The van der Waals surface area contributed by atoms with Gasteiger partial charge in [-0.1, -0.05) is 12.2 Å². The molecule has 1 aromatic rings. The lowest BCUT2D eigenvalue weighted by Gasteiger charge is -2.20. The minimum atomic E-state index is -3.65.